The van der Waals surface area contributed by atoms with Gasteiger partial charge in [0.2, 0.25) is 0 Å². The zero-order chi connectivity index (χ0) is 19.1. The maximum atomic E-state index is 12.0. The number of hydrogen-bond acceptors (Lipinski definition) is 4. The zero-order valence-electron chi connectivity index (χ0n) is 14.3. The summed E-state index contributed by atoms with van der Waals surface area (Å²) in [5.41, 5.74) is 1.22. The van der Waals surface area contributed by atoms with Crippen LogP contribution in [0.5, 0.6) is 5.75 Å². The molecule has 8 heteroatoms. The van der Waals surface area contributed by atoms with Crippen molar-refractivity contribution in [2.75, 3.05) is 30.5 Å². The summed E-state index contributed by atoms with van der Waals surface area (Å²) in [7, 11) is 1.61. The summed E-state index contributed by atoms with van der Waals surface area (Å²) in [6, 6.07) is 11.5. The molecule has 0 saturated carbocycles. The second kappa shape index (κ2) is 9.31. The minimum Gasteiger partial charge on any atom is -0.484 e. The van der Waals surface area contributed by atoms with Crippen molar-refractivity contribution in [3.05, 3.63) is 52.5 Å². The third kappa shape index (κ3) is 5.54. The summed E-state index contributed by atoms with van der Waals surface area (Å²) in [5, 5.41) is 3.47. The maximum Gasteiger partial charge on any atom is 0.413 e. The van der Waals surface area contributed by atoms with Gasteiger partial charge in [-0.1, -0.05) is 23.2 Å². The zero-order valence-corrected chi connectivity index (χ0v) is 15.8. The number of nitrogens with zero attached hydrogens (tertiary/aromatic N) is 1. The first-order valence-corrected chi connectivity index (χ1v) is 8.54. The summed E-state index contributed by atoms with van der Waals surface area (Å²) >= 11 is 11.7. The lowest BCUT2D eigenvalue weighted by molar-refractivity contribution is -0.118. The average molecular weight is 397 g/mol. The normalized spacial score (nSPS) is 10.2. The molecule has 6 nitrogen and oxygen atoms in total. The van der Waals surface area contributed by atoms with E-state index in [0.29, 0.717) is 33.8 Å². The lowest BCUT2D eigenvalue weighted by Crippen LogP contribution is -2.27. The Balaban J connectivity index is 1.88. The average Bonchev–Trinajstić information content (AvgIpc) is 2.63. The second-order valence-electron chi connectivity index (χ2n) is 5.22. The van der Waals surface area contributed by atoms with Crippen LogP contribution in [-0.4, -0.2) is 32.3 Å². The number of carbonyl (C=O) groups excluding carboxylic acids is 2. The second-order valence-corrected chi connectivity index (χ2v) is 6.03. The molecule has 2 amide bonds. The van der Waals surface area contributed by atoms with Crippen molar-refractivity contribution < 1.29 is 19.1 Å². The molecule has 0 unspecified atom stereocenters. The van der Waals surface area contributed by atoms with Gasteiger partial charge in [0.05, 0.1) is 16.7 Å². The lowest BCUT2D eigenvalue weighted by Gasteiger charge is -2.17. The van der Waals surface area contributed by atoms with Crippen LogP contribution in [0, 0.1) is 0 Å². The molecule has 0 aliphatic rings. The fourth-order valence-electron chi connectivity index (χ4n) is 2.01. The standard InChI is InChI=1S/C18H18Cl2N2O4/c1-3-25-18(24)22(2)13-6-4-12(5-7-13)21-17(23)11-26-14-8-9-15(19)16(20)10-14/h4-10H,3,11H2,1-2H3,(H,21,23). The number of halogens is 2. The van der Waals surface area contributed by atoms with Crippen molar-refractivity contribution >= 4 is 46.6 Å². The van der Waals surface area contributed by atoms with Gasteiger partial charge < -0.3 is 14.8 Å². The molecule has 2 aromatic carbocycles. The monoisotopic (exact) mass is 396 g/mol. The van der Waals surface area contributed by atoms with Crippen LogP contribution in [0.4, 0.5) is 16.2 Å². The number of anilines is 2. The predicted octanol–water partition coefficient (Wildman–Crippen LogP) is 4.60. The smallest absolute Gasteiger partial charge is 0.413 e. The van der Waals surface area contributed by atoms with Gasteiger partial charge in [0.1, 0.15) is 5.75 Å². The van der Waals surface area contributed by atoms with Crippen LogP contribution in [0.1, 0.15) is 6.92 Å². The Bertz CT molecular complexity index is 781. The predicted molar refractivity (Wildman–Crippen MR) is 102 cm³/mol. The van der Waals surface area contributed by atoms with E-state index in [1.165, 1.54) is 11.0 Å². The Morgan fingerprint density at radius 2 is 1.77 bits per heavy atom. The molecule has 2 rings (SSSR count). The van der Waals surface area contributed by atoms with Gasteiger partial charge in [-0.15, -0.1) is 0 Å². The summed E-state index contributed by atoms with van der Waals surface area (Å²) in [5.74, 6) is 0.114. The van der Waals surface area contributed by atoms with Crippen molar-refractivity contribution in [2.45, 2.75) is 6.92 Å². The molecule has 0 aliphatic heterocycles. The van der Waals surface area contributed by atoms with Crippen LogP contribution in [0.15, 0.2) is 42.5 Å². The van der Waals surface area contributed by atoms with Crippen molar-refractivity contribution in [3.63, 3.8) is 0 Å². The van der Waals surface area contributed by atoms with E-state index in [0.717, 1.165) is 0 Å². The van der Waals surface area contributed by atoms with E-state index < -0.39 is 6.09 Å². The van der Waals surface area contributed by atoms with Crippen LogP contribution >= 0.6 is 23.2 Å². The lowest BCUT2D eigenvalue weighted by atomic mass is 10.2. The molecule has 0 atom stereocenters. The fourth-order valence-corrected chi connectivity index (χ4v) is 2.29. The van der Waals surface area contributed by atoms with Gasteiger partial charge in [-0.25, -0.2) is 4.79 Å². The van der Waals surface area contributed by atoms with E-state index in [-0.39, 0.29) is 12.5 Å². The highest BCUT2D eigenvalue weighted by Gasteiger charge is 2.12. The number of amides is 2. The van der Waals surface area contributed by atoms with Crippen molar-refractivity contribution in [2.24, 2.45) is 0 Å². The molecular weight excluding hydrogens is 379 g/mol. The highest BCUT2D eigenvalue weighted by molar-refractivity contribution is 6.42. The number of rotatable bonds is 6. The Kier molecular flexibility index (Phi) is 7.12. The molecule has 0 aliphatic carbocycles. The van der Waals surface area contributed by atoms with Gasteiger partial charge in [0, 0.05) is 24.5 Å². The van der Waals surface area contributed by atoms with E-state index in [2.05, 4.69) is 5.32 Å². The van der Waals surface area contributed by atoms with Crippen molar-refractivity contribution in [3.8, 4) is 5.75 Å². The highest BCUT2D eigenvalue weighted by atomic mass is 35.5. The number of carbonyl (C=O) groups is 2. The number of hydrogen-bond donors (Lipinski definition) is 1. The van der Waals surface area contributed by atoms with Crippen LogP contribution < -0.4 is 15.0 Å². The molecule has 0 spiro atoms. The van der Waals surface area contributed by atoms with Gasteiger partial charge in [-0.05, 0) is 43.3 Å². The van der Waals surface area contributed by atoms with E-state index in [4.69, 9.17) is 32.7 Å². The molecule has 0 bridgehead atoms. The van der Waals surface area contributed by atoms with E-state index >= 15 is 0 Å². The number of nitrogens with one attached hydrogen (secondary N) is 1. The molecule has 138 valence electrons. The van der Waals surface area contributed by atoms with Gasteiger partial charge in [0.25, 0.3) is 5.91 Å². The first-order chi connectivity index (χ1) is 12.4. The van der Waals surface area contributed by atoms with E-state index in [1.807, 2.05) is 0 Å². The van der Waals surface area contributed by atoms with E-state index in [1.54, 1.807) is 50.4 Å². The largest absolute Gasteiger partial charge is 0.484 e. The Labute approximate surface area is 161 Å². The van der Waals surface area contributed by atoms with Crippen molar-refractivity contribution in [1.29, 1.82) is 0 Å². The molecule has 0 radical (unpaired) electrons. The third-order valence-electron chi connectivity index (χ3n) is 3.34. The Hall–Kier alpha value is -2.44. The molecule has 0 fully saturated rings. The molecule has 0 saturated heterocycles. The molecular formula is C18H18Cl2N2O4. The summed E-state index contributed by atoms with van der Waals surface area (Å²) in [6.45, 7) is 1.86. The third-order valence-corrected chi connectivity index (χ3v) is 4.08. The van der Waals surface area contributed by atoms with Crippen LogP contribution in [0.3, 0.4) is 0 Å². The van der Waals surface area contributed by atoms with Gasteiger partial charge in [-0.3, -0.25) is 9.69 Å². The summed E-state index contributed by atoms with van der Waals surface area (Å²) in [6.07, 6.45) is -0.445. The Morgan fingerprint density at radius 3 is 2.38 bits per heavy atom. The number of ether oxygens (including phenoxy) is 2. The van der Waals surface area contributed by atoms with Gasteiger partial charge >= 0.3 is 6.09 Å². The molecule has 0 aromatic heterocycles. The SMILES string of the molecule is CCOC(=O)N(C)c1ccc(NC(=O)COc2ccc(Cl)c(Cl)c2)cc1. The Morgan fingerprint density at radius 1 is 1.08 bits per heavy atom. The minimum absolute atomic E-state index is 0.178. The quantitative estimate of drug-likeness (QED) is 0.774. The summed E-state index contributed by atoms with van der Waals surface area (Å²) in [4.78, 5) is 25.0. The van der Waals surface area contributed by atoms with Gasteiger partial charge in [-0.2, -0.15) is 0 Å². The molecule has 1 N–H and O–H groups in total. The first-order valence-electron chi connectivity index (χ1n) is 7.79. The van der Waals surface area contributed by atoms with E-state index in [9.17, 15) is 9.59 Å². The van der Waals surface area contributed by atoms with Crippen molar-refractivity contribution in [1.82, 2.24) is 0 Å². The molecule has 2 aromatic rings. The summed E-state index contributed by atoms with van der Waals surface area (Å²) < 4.78 is 10.3. The highest BCUT2D eigenvalue weighted by Crippen LogP contribution is 2.26. The van der Waals surface area contributed by atoms with Gasteiger partial charge in [0.15, 0.2) is 6.61 Å². The van der Waals surface area contributed by atoms with Crippen LogP contribution in [0.25, 0.3) is 0 Å². The molecule has 26 heavy (non-hydrogen) atoms. The first kappa shape index (κ1) is 19.9. The number of benzene rings is 2. The topological polar surface area (TPSA) is 67.9 Å². The van der Waals surface area contributed by atoms with Crippen LogP contribution in [0.2, 0.25) is 10.0 Å². The molecule has 0 heterocycles. The minimum atomic E-state index is -0.445. The fraction of sp³-hybridized carbons (Fsp3) is 0.222. The van der Waals surface area contributed by atoms with Crippen LogP contribution in [-0.2, 0) is 9.53 Å². The maximum absolute atomic E-state index is 12.0.